The van der Waals surface area contributed by atoms with E-state index in [1.807, 2.05) is 13.1 Å². The van der Waals surface area contributed by atoms with E-state index in [4.69, 9.17) is 0 Å². The molecule has 1 aromatic carbocycles. The second-order valence-corrected chi connectivity index (χ2v) is 7.89. The number of halogens is 1. The number of phenols is 1. The fourth-order valence-corrected chi connectivity index (χ4v) is 4.02. The Hall–Kier alpha value is -3.22. The topological polar surface area (TPSA) is 71.2 Å². The average Bonchev–Trinajstić information content (AvgIpc) is 2.77. The van der Waals surface area contributed by atoms with Crippen LogP contribution in [0.3, 0.4) is 0 Å². The van der Waals surface area contributed by atoms with Crippen LogP contribution in [0, 0.1) is 5.82 Å². The van der Waals surface area contributed by atoms with E-state index in [9.17, 15) is 14.3 Å². The van der Waals surface area contributed by atoms with Crippen molar-refractivity contribution >= 4 is 5.82 Å². The Morgan fingerprint density at radius 3 is 2.50 bits per heavy atom. The third-order valence-electron chi connectivity index (χ3n) is 5.91. The average molecular weight is 408 g/mol. The van der Waals surface area contributed by atoms with Crippen LogP contribution in [0.4, 0.5) is 10.2 Å². The Bertz CT molecular complexity index is 1110. The molecule has 3 aromatic rings. The van der Waals surface area contributed by atoms with Gasteiger partial charge in [-0.2, -0.15) is 0 Å². The minimum Gasteiger partial charge on any atom is -0.507 e. The number of hydrogen-bond donors (Lipinski definition) is 1. The van der Waals surface area contributed by atoms with Crippen LogP contribution in [-0.4, -0.2) is 33.0 Å². The van der Waals surface area contributed by atoms with Gasteiger partial charge in [-0.25, -0.2) is 4.39 Å². The van der Waals surface area contributed by atoms with E-state index < -0.39 is 5.82 Å². The van der Waals surface area contributed by atoms with Gasteiger partial charge in [0.25, 0.3) is 5.56 Å². The summed E-state index contributed by atoms with van der Waals surface area (Å²) in [5.74, 6) is 0.110. The molecule has 0 bridgehead atoms. The Labute approximate surface area is 174 Å². The maximum atomic E-state index is 14.8. The first-order valence-electron chi connectivity index (χ1n) is 10.2. The predicted octanol–water partition coefficient (Wildman–Crippen LogP) is 4.12. The van der Waals surface area contributed by atoms with Crippen LogP contribution in [0.25, 0.3) is 22.4 Å². The van der Waals surface area contributed by atoms with E-state index in [1.165, 1.54) is 42.0 Å². The maximum absolute atomic E-state index is 14.8. The summed E-state index contributed by atoms with van der Waals surface area (Å²) < 4.78 is 16.2. The number of benzene rings is 1. The van der Waals surface area contributed by atoms with Gasteiger partial charge in [-0.1, -0.05) is 19.3 Å². The van der Waals surface area contributed by atoms with Gasteiger partial charge in [-0.3, -0.25) is 4.79 Å². The van der Waals surface area contributed by atoms with Gasteiger partial charge in [0, 0.05) is 43.5 Å². The molecule has 0 saturated heterocycles. The van der Waals surface area contributed by atoms with Crippen molar-refractivity contribution in [3.8, 4) is 28.1 Å². The molecule has 0 amide bonds. The number of aromatic hydroxyl groups is 1. The zero-order valence-corrected chi connectivity index (χ0v) is 17.2. The molecule has 7 heteroatoms. The number of aryl methyl sites for hydroxylation is 1. The molecule has 30 heavy (non-hydrogen) atoms. The quantitative estimate of drug-likeness (QED) is 0.703. The summed E-state index contributed by atoms with van der Waals surface area (Å²) in [6.07, 6.45) is 7.61. The molecule has 0 radical (unpaired) electrons. The maximum Gasteiger partial charge on any atom is 0.250 e. The molecular weight excluding hydrogens is 383 g/mol. The summed E-state index contributed by atoms with van der Waals surface area (Å²) in [7, 11) is 3.65. The molecule has 0 spiro atoms. The Morgan fingerprint density at radius 1 is 1.07 bits per heavy atom. The van der Waals surface area contributed by atoms with Crippen molar-refractivity contribution in [3.05, 3.63) is 58.8 Å². The monoisotopic (exact) mass is 408 g/mol. The van der Waals surface area contributed by atoms with Crippen molar-refractivity contribution < 1.29 is 9.50 Å². The lowest BCUT2D eigenvalue weighted by Crippen LogP contribution is -2.34. The number of rotatable bonds is 4. The number of phenolic OH excluding ortho intramolecular Hbond substituents is 1. The van der Waals surface area contributed by atoms with Crippen molar-refractivity contribution in [2.45, 2.75) is 38.1 Å². The highest BCUT2D eigenvalue weighted by Gasteiger charge is 2.20. The van der Waals surface area contributed by atoms with Gasteiger partial charge >= 0.3 is 0 Å². The SMILES string of the molecule is CN(c1ccc(-c2cc(F)c(-c3ccn(C)c(=O)c3)cc2O)nn1)C1CCCCC1. The highest BCUT2D eigenvalue weighted by Crippen LogP contribution is 2.35. The smallest absolute Gasteiger partial charge is 0.250 e. The summed E-state index contributed by atoms with van der Waals surface area (Å²) in [4.78, 5) is 14.0. The number of nitrogens with zero attached hydrogens (tertiary/aromatic N) is 4. The van der Waals surface area contributed by atoms with E-state index in [2.05, 4.69) is 15.1 Å². The molecule has 1 aliphatic carbocycles. The molecule has 156 valence electrons. The molecule has 6 nitrogen and oxygen atoms in total. The van der Waals surface area contributed by atoms with Crippen molar-refractivity contribution in [1.29, 1.82) is 0 Å². The first-order chi connectivity index (χ1) is 14.4. The molecule has 2 aromatic heterocycles. The second-order valence-electron chi connectivity index (χ2n) is 7.89. The minimum absolute atomic E-state index is 0.116. The molecule has 0 unspecified atom stereocenters. The van der Waals surface area contributed by atoms with Gasteiger partial charge in [0.1, 0.15) is 11.6 Å². The molecule has 0 aliphatic heterocycles. The lowest BCUT2D eigenvalue weighted by atomic mass is 9.94. The third kappa shape index (κ3) is 3.92. The summed E-state index contributed by atoms with van der Waals surface area (Å²) in [6, 6.07) is 9.58. The van der Waals surface area contributed by atoms with Crippen molar-refractivity contribution in [2.75, 3.05) is 11.9 Å². The Balaban J connectivity index is 1.61. The highest BCUT2D eigenvalue weighted by molar-refractivity contribution is 5.74. The van der Waals surface area contributed by atoms with Crippen LogP contribution in [-0.2, 0) is 7.05 Å². The van der Waals surface area contributed by atoms with Gasteiger partial charge in [0.2, 0.25) is 0 Å². The number of hydrogen-bond acceptors (Lipinski definition) is 5. The zero-order chi connectivity index (χ0) is 21.3. The van der Waals surface area contributed by atoms with Crippen LogP contribution in [0.15, 0.2) is 47.4 Å². The molecular formula is C23H25FN4O2. The minimum atomic E-state index is -0.541. The zero-order valence-electron chi connectivity index (χ0n) is 17.2. The lowest BCUT2D eigenvalue weighted by Gasteiger charge is -2.31. The standard InChI is InChI=1S/C23H25FN4O2/c1-27-11-10-15(12-23(27)30)17-14-21(29)18(13-19(17)24)20-8-9-22(26-25-20)28(2)16-6-4-3-5-7-16/h8-14,16,29H,3-7H2,1-2H3. The summed E-state index contributed by atoms with van der Waals surface area (Å²) in [6.45, 7) is 0. The first-order valence-corrected chi connectivity index (χ1v) is 10.2. The molecule has 1 aliphatic rings. The van der Waals surface area contributed by atoms with E-state index >= 15 is 0 Å². The lowest BCUT2D eigenvalue weighted by molar-refractivity contribution is 0.425. The Kier molecular flexibility index (Phi) is 5.53. The van der Waals surface area contributed by atoms with Gasteiger partial charge in [-0.05, 0) is 48.7 Å². The number of aromatic nitrogens is 3. The van der Waals surface area contributed by atoms with E-state index in [0.29, 0.717) is 17.3 Å². The van der Waals surface area contributed by atoms with Crippen molar-refractivity contribution in [3.63, 3.8) is 0 Å². The van der Waals surface area contributed by atoms with Gasteiger partial charge in [-0.15, -0.1) is 10.2 Å². The van der Waals surface area contributed by atoms with Gasteiger partial charge in [0.05, 0.1) is 5.69 Å². The van der Waals surface area contributed by atoms with Crippen LogP contribution in [0.5, 0.6) is 5.75 Å². The summed E-state index contributed by atoms with van der Waals surface area (Å²) >= 11 is 0. The van der Waals surface area contributed by atoms with Crippen LogP contribution >= 0.6 is 0 Å². The molecule has 2 heterocycles. The largest absolute Gasteiger partial charge is 0.507 e. The number of pyridine rings is 1. The number of anilines is 1. The molecule has 1 N–H and O–H groups in total. The fraction of sp³-hybridized carbons (Fsp3) is 0.348. The van der Waals surface area contributed by atoms with Crippen molar-refractivity contribution in [1.82, 2.24) is 14.8 Å². The second kappa shape index (κ2) is 8.26. The van der Waals surface area contributed by atoms with E-state index in [0.717, 1.165) is 18.7 Å². The van der Waals surface area contributed by atoms with Gasteiger partial charge in [0.15, 0.2) is 5.82 Å². The summed E-state index contributed by atoms with van der Waals surface area (Å²) in [5.41, 5.74) is 0.977. The van der Waals surface area contributed by atoms with Crippen LogP contribution < -0.4 is 10.5 Å². The summed E-state index contributed by atoms with van der Waals surface area (Å²) in [5, 5.41) is 19.0. The van der Waals surface area contributed by atoms with Gasteiger partial charge < -0.3 is 14.6 Å². The normalized spacial score (nSPS) is 14.6. The fourth-order valence-electron chi connectivity index (χ4n) is 4.02. The highest BCUT2D eigenvalue weighted by atomic mass is 19.1. The Morgan fingerprint density at radius 2 is 1.83 bits per heavy atom. The van der Waals surface area contributed by atoms with E-state index in [-0.39, 0.29) is 22.4 Å². The third-order valence-corrected chi connectivity index (χ3v) is 5.91. The first kappa shape index (κ1) is 20.1. The van der Waals surface area contributed by atoms with E-state index in [1.54, 1.807) is 25.4 Å². The molecule has 4 rings (SSSR count). The molecule has 0 atom stereocenters. The van der Waals surface area contributed by atoms with Crippen LogP contribution in [0.2, 0.25) is 0 Å². The van der Waals surface area contributed by atoms with Crippen LogP contribution in [0.1, 0.15) is 32.1 Å². The molecule has 1 saturated carbocycles. The van der Waals surface area contributed by atoms with Crippen molar-refractivity contribution in [2.24, 2.45) is 7.05 Å². The predicted molar refractivity (Wildman–Crippen MR) is 115 cm³/mol. The molecule has 1 fully saturated rings.